The van der Waals surface area contributed by atoms with Gasteiger partial charge < -0.3 is 4.42 Å². The molecule has 3 rings (SSSR count). The van der Waals surface area contributed by atoms with Gasteiger partial charge in [0.25, 0.3) is 0 Å². The molecule has 0 bridgehead atoms. The van der Waals surface area contributed by atoms with E-state index in [1.165, 1.54) is 16.4 Å². The maximum absolute atomic E-state index is 13.4. The van der Waals surface area contributed by atoms with E-state index in [4.69, 9.17) is 16.0 Å². The first kappa shape index (κ1) is 18.4. The van der Waals surface area contributed by atoms with Crippen molar-refractivity contribution in [2.45, 2.75) is 44.9 Å². The minimum Gasteiger partial charge on any atom is -0.445 e. The molecule has 0 radical (unpaired) electrons. The Morgan fingerprint density at radius 1 is 1.36 bits per heavy atom. The van der Waals surface area contributed by atoms with Crippen LogP contribution in [0.2, 0.25) is 5.02 Å². The summed E-state index contributed by atoms with van der Waals surface area (Å²) in [5, 5.41) is 0.235. The molecule has 25 heavy (non-hydrogen) atoms. The lowest BCUT2D eigenvalue weighted by Crippen LogP contribution is -2.36. The molecule has 0 N–H and O–H groups in total. The van der Waals surface area contributed by atoms with Crippen molar-refractivity contribution in [1.82, 2.24) is 9.29 Å². The molecule has 2 aromatic rings. The number of fused-ring (bicyclic) bond motifs is 1. The first-order chi connectivity index (χ1) is 11.6. The number of oxazole rings is 1. The molecule has 1 aromatic carbocycles. The Labute approximate surface area is 151 Å². The second kappa shape index (κ2) is 6.37. The Kier molecular flexibility index (Phi) is 4.68. The third-order valence-corrected chi connectivity index (χ3v) is 6.22. The summed E-state index contributed by atoms with van der Waals surface area (Å²) in [5.74, 6) is 0.482. The second-order valence-electron chi connectivity index (χ2n) is 7.21. The zero-order valence-electron chi connectivity index (χ0n) is 14.3. The monoisotopic (exact) mass is 386 g/mol. The number of nitrogens with zero attached hydrogens (tertiary/aromatic N) is 2. The van der Waals surface area contributed by atoms with Gasteiger partial charge in [0.1, 0.15) is 11.6 Å². The van der Waals surface area contributed by atoms with Crippen molar-refractivity contribution in [3.05, 3.63) is 51.9 Å². The Hall–Kier alpha value is -1.44. The summed E-state index contributed by atoms with van der Waals surface area (Å²) in [5.41, 5.74) is 0.656. The predicted molar refractivity (Wildman–Crippen MR) is 93.4 cm³/mol. The minimum atomic E-state index is -3.64. The van der Waals surface area contributed by atoms with E-state index in [0.717, 1.165) is 11.8 Å². The van der Waals surface area contributed by atoms with E-state index in [9.17, 15) is 12.8 Å². The lowest BCUT2D eigenvalue weighted by Gasteiger charge is -2.24. The number of halogens is 2. The van der Waals surface area contributed by atoms with Crippen LogP contribution < -0.4 is 0 Å². The Balaban J connectivity index is 1.83. The Morgan fingerprint density at radius 2 is 2.08 bits per heavy atom. The Bertz CT molecular complexity index is 903. The average Bonchev–Trinajstić information content (AvgIpc) is 2.94. The highest BCUT2D eigenvalue weighted by molar-refractivity contribution is 7.88. The van der Waals surface area contributed by atoms with Gasteiger partial charge in [-0.15, -0.1) is 0 Å². The second-order valence-corrected chi connectivity index (χ2v) is 9.59. The number of hydrogen-bond donors (Lipinski definition) is 0. The van der Waals surface area contributed by atoms with Crippen LogP contribution in [-0.4, -0.2) is 24.3 Å². The van der Waals surface area contributed by atoms with Crippen LogP contribution in [0.3, 0.4) is 0 Å². The van der Waals surface area contributed by atoms with Gasteiger partial charge in [0.05, 0.1) is 18.0 Å². The fraction of sp³-hybridized carbons (Fsp3) is 0.471. The standard InChI is InChI=1S/C17H20ClFN2O3S/c1-17(2,3)16-20-14-9-21(7-6-15(14)24-16)25(22,23)10-11-8-12(19)4-5-13(11)18/h4-5,8H,6-7,9-10H2,1-3H3. The van der Waals surface area contributed by atoms with Crippen molar-refractivity contribution in [1.29, 1.82) is 0 Å². The number of aromatic nitrogens is 1. The van der Waals surface area contributed by atoms with Gasteiger partial charge in [-0.2, -0.15) is 4.31 Å². The fourth-order valence-electron chi connectivity index (χ4n) is 2.67. The zero-order valence-corrected chi connectivity index (χ0v) is 15.9. The van der Waals surface area contributed by atoms with Gasteiger partial charge in [0.2, 0.25) is 10.0 Å². The van der Waals surface area contributed by atoms with E-state index in [1.807, 2.05) is 20.8 Å². The van der Waals surface area contributed by atoms with Crippen molar-refractivity contribution >= 4 is 21.6 Å². The third-order valence-electron chi connectivity index (χ3n) is 4.07. The van der Waals surface area contributed by atoms with Gasteiger partial charge in [-0.3, -0.25) is 0 Å². The molecule has 0 amide bonds. The topological polar surface area (TPSA) is 63.4 Å². The molecule has 0 spiro atoms. The molecule has 136 valence electrons. The number of rotatable bonds is 3. The van der Waals surface area contributed by atoms with Crippen molar-refractivity contribution in [2.24, 2.45) is 0 Å². The lowest BCUT2D eigenvalue weighted by molar-refractivity contribution is 0.338. The van der Waals surface area contributed by atoms with E-state index < -0.39 is 15.8 Å². The van der Waals surface area contributed by atoms with Crippen LogP contribution in [-0.2, 0) is 34.2 Å². The number of benzene rings is 1. The summed E-state index contributed by atoms with van der Waals surface area (Å²) in [6.45, 7) is 6.44. The minimum absolute atomic E-state index is 0.157. The van der Waals surface area contributed by atoms with Gasteiger partial charge in [-0.1, -0.05) is 32.4 Å². The van der Waals surface area contributed by atoms with Crippen LogP contribution >= 0.6 is 11.6 Å². The molecule has 0 unspecified atom stereocenters. The highest BCUT2D eigenvalue weighted by Crippen LogP contribution is 2.29. The van der Waals surface area contributed by atoms with E-state index in [-0.39, 0.29) is 28.3 Å². The normalized spacial score (nSPS) is 16.0. The van der Waals surface area contributed by atoms with Crippen molar-refractivity contribution in [3.8, 4) is 0 Å². The fourth-order valence-corrected chi connectivity index (χ4v) is 4.44. The van der Waals surface area contributed by atoms with Gasteiger partial charge in [0, 0.05) is 23.4 Å². The van der Waals surface area contributed by atoms with E-state index in [0.29, 0.717) is 24.6 Å². The number of sulfonamides is 1. The SMILES string of the molecule is CC(C)(C)c1nc2c(o1)CCN(S(=O)(=O)Cc1cc(F)ccc1Cl)C2. The molecule has 8 heteroatoms. The molecule has 0 saturated heterocycles. The quantitative estimate of drug-likeness (QED) is 0.807. The van der Waals surface area contributed by atoms with Crippen LogP contribution in [0.1, 0.15) is 43.7 Å². The largest absolute Gasteiger partial charge is 0.445 e. The zero-order chi connectivity index (χ0) is 18.4. The molecule has 1 aromatic heterocycles. The maximum atomic E-state index is 13.4. The van der Waals surface area contributed by atoms with Crippen LogP contribution in [0.15, 0.2) is 22.6 Å². The summed E-state index contributed by atoms with van der Waals surface area (Å²) in [6.07, 6.45) is 0.467. The predicted octanol–water partition coefficient (Wildman–Crippen LogP) is 3.65. The van der Waals surface area contributed by atoms with E-state index >= 15 is 0 Å². The van der Waals surface area contributed by atoms with Crippen molar-refractivity contribution < 1.29 is 17.2 Å². The van der Waals surface area contributed by atoms with Crippen LogP contribution in [0.25, 0.3) is 0 Å². The number of hydrogen-bond acceptors (Lipinski definition) is 4. The molecule has 5 nitrogen and oxygen atoms in total. The summed E-state index contributed by atoms with van der Waals surface area (Å²) in [6, 6.07) is 3.72. The van der Waals surface area contributed by atoms with Gasteiger partial charge >= 0.3 is 0 Å². The van der Waals surface area contributed by atoms with E-state index in [2.05, 4.69) is 4.98 Å². The summed E-state index contributed by atoms with van der Waals surface area (Å²) >= 11 is 6.00. The van der Waals surface area contributed by atoms with Crippen molar-refractivity contribution in [2.75, 3.05) is 6.54 Å². The van der Waals surface area contributed by atoms with Gasteiger partial charge in [-0.05, 0) is 23.8 Å². The molecule has 0 fully saturated rings. The van der Waals surface area contributed by atoms with Crippen molar-refractivity contribution in [3.63, 3.8) is 0 Å². The molecule has 1 aliphatic heterocycles. The molecule has 1 aliphatic rings. The first-order valence-corrected chi connectivity index (χ1v) is 9.96. The molecular weight excluding hydrogens is 367 g/mol. The highest BCUT2D eigenvalue weighted by atomic mass is 35.5. The summed E-state index contributed by atoms with van der Waals surface area (Å²) in [7, 11) is -3.64. The van der Waals surface area contributed by atoms with Gasteiger partial charge in [-0.25, -0.2) is 17.8 Å². The highest BCUT2D eigenvalue weighted by Gasteiger charge is 2.32. The van der Waals surface area contributed by atoms with Crippen LogP contribution in [0, 0.1) is 5.82 Å². The van der Waals surface area contributed by atoms with Crippen LogP contribution in [0.4, 0.5) is 4.39 Å². The van der Waals surface area contributed by atoms with Crippen LogP contribution in [0.5, 0.6) is 0 Å². The molecule has 0 saturated carbocycles. The lowest BCUT2D eigenvalue weighted by atomic mass is 9.97. The van der Waals surface area contributed by atoms with E-state index in [1.54, 1.807) is 0 Å². The first-order valence-electron chi connectivity index (χ1n) is 7.97. The smallest absolute Gasteiger partial charge is 0.218 e. The average molecular weight is 387 g/mol. The Morgan fingerprint density at radius 3 is 2.76 bits per heavy atom. The molecular formula is C17H20ClFN2O3S. The molecule has 0 aliphatic carbocycles. The maximum Gasteiger partial charge on any atom is 0.218 e. The molecule has 2 heterocycles. The molecule has 0 atom stereocenters. The summed E-state index contributed by atoms with van der Waals surface area (Å²) in [4.78, 5) is 4.47. The third kappa shape index (κ3) is 3.88. The summed E-state index contributed by atoms with van der Waals surface area (Å²) < 4.78 is 46.0. The van der Waals surface area contributed by atoms with Gasteiger partial charge in [0.15, 0.2) is 5.89 Å².